The summed E-state index contributed by atoms with van der Waals surface area (Å²) in [5.74, 6) is -1.43. The van der Waals surface area contributed by atoms with E-state index in [0.717, 1.165) is 6.07 Å². The van der Waals surface area contributed by atoms with Crippen LogP contribution in [-0.4, -0.2) is 29.5 Å². The molecule has 0 unspecified atom stereocenters. The molecule has 1 aromatic rings. The molecule has 0 spiro atoms. The fourth-order valence-corrected chi connectivity index (χ4v) is 1.46. The molecule has 0 heterocycles. The zero-order valence-corrected chi connectivity index (χ0v) is 7.52. The molecule has 3 N–H and O–H groups in total. The zero-order chi connectivity index (χ0) is 10.9. The summed E-state index contributed by atoms with van der Waals surface area (Å²) in [6, 6.07) is 1.33. The van der Waals surface area contributed by atoms with Crippen molar-refractivity contribution >= 4 is 16.4 Å². The highest BCUT2D eigenvalue weighted by Gasteiger charge is 2.18. The van der Waals surface area contributed by atoms with Crippen molar-refractivity contribution in [2.45, 2.75) is 4.90 Å². The van der Waals surface area contributed by atoms with Crippen LogP contribution in [0.15, 0.2) is 17.0 Å². The second kappa shape index (κ2) is 3.28. The van der Waals surface area contributed by atoms with Gasteiger partial charge in [0.05, 0.1) is 5.56 Å². The summed E-state index contributed by atoms with van der Waals surface area (Å²) in [5.41, 5.74) is -0.269. The SMILES string of the molecule is O=Cc1cc(O)c(S(=O)(=O)O)cc1O. The van der Waals surface area contributed by atoms with E-state index in [4.69, 9.17) is 14.8 Å². The molecule has 0 saturated carbocycles. The van der Waals surface area contributed by atoms with Crippen molar-refractivity contribution < 1.29 is 28.0 Å². The largest absolute Gasteiger partial charge is 0.507 e. The summed E-state index contributed by atoms with van der Waals surface area (Å²) in [6.07, 6.45) is 0.239. The third kappa shape index (κ3) is 1.83. The van der Waals surface area contributed by atoms with Gasteiger partial charge in [0.25, 0.3) is 10.1 Å². The average molecular weight is 218 g/mol. The Morgan fingerprint density at radius 2 is 1.71 bits per heavy atom. The molecular weight excluding hydrogens is 212 g/mol. The van der Waals surface area contributed by atoms with Crippen LogP contribution in [0.3, 0.4) is 0 Å². The first-order chi connectivity index (χ1) is 6.36. The molecule has 0 bridgehead atoms. The number of phenols is 2. The molecule has 0 aliphatic heterocycles. The molecule has 6 nitrogen and oxygen atoms in total. The van der Waals surface area contributed by atoms with Gasteiger partial charge in [-0.1, -0.05) is 0 Å². The van der Waals surface area contributed by atoms with Crippen molar-refractivity contribution in [1.29, 1.82) is 0 Å². The van der Waals surface area contributed by atoms with Crippen molar-refractivity contribution in [2.24, 2.45) is 0 Å². The first kappa shape index (κ1) is 10.5. The van der Waals surface area contributed by atoms with Gasteiger partial charge in [0.15, 0.2) is 6.29 Å². The molecule has 7 heteroatoms. The monoisotopic (exact) mass is 218 g/mol. The number of aromatic hydroxyl groups is 2. The first-order valence-corrected chi connectivity index (χ1v) is 4.79. The van der Waals surface area contributed by atoms with E-state index in [-0.39, 0.29) is 11.8 Å². The minimum absolute atomic E-state index is 0.239. The number of rotatable bonds is 2. The van der Waals surface area contributed by atoms with Crippen molar-refractivity contribution in [1.82, 2.24) is 0 Å². The molecule has 0 fully saturated rings. The molecule has 0 saturated heterocycles. The Labute approximate surface area is 79.2 Å². The van der Waals surface area contributed by atoms with Crippen molar-refractivity contribution in [2.75, 3.05) is 0 Å². The Morgan fingerprint density at radius 1 is 1.14 bits per heavy atom. The second-order valence-corrected chi connectivity index (χ2v) is 3.86. The Balaban J connectivity index is 3.52. The van der Waals surface area contributed by atoms with Crippen LogP contribution in [0.2, 0.25) is 0 Å². The molecule has 14 heavy (non-hydrogen) atoms. The number of benzene rings is 1. The van der Waals surface area contributed by atoms with Crippen molar-refractivity contribution in [3.8, 4) is 11.5 Å². The standard InChI is InChI=1S/C7H6O6S/c8-3-4-1-6(10)7(2-5(4)9)14(11,12)13/h1-3,9-10H,(H,11,12,13). The first-order valence-electron chi connectivity index (χ1n) is 3.35. The molecule has 1 rings (SSSR count). The molecule has 0 aromatic heterocycles. The maximum Gasteiger partial charge on any atom is 0.298 e. The van der Waals surface area contributed by atoms with Crippen LogP contribution in [0.4, 0.5) is 0 Å². The van der Waals surface area contributed by atoms with Crippen molar-refractivity contribution in [3.63, 3.8) is 0 Å². The molecule has 0 radical (unpaired) electrons. The van der Waals surface area contributed by atoms with Gasteiger partial charge >= 0.3 is 0 Å². The lowest BCUT2D eigenvalue weighted by molar-refractivity contribution is 0.112. The highest BCUT2D eigenvalue weighted by atomic mass is 32.2. The van der Waals surface area contributed by atoms with Crippen LogP contribution in [0.25, 0.3) is 0 Å². The average Bonchev–Trinajstić information content (AvgIpc) is 2.06. The Kier molecular flexibility index (Phi) is 2.45. The van der Waals surface area contributed by atoms with E-state index in [1.807, 2.05) is 0 Å². The van der Waals surface area contributed by atoms with Gasteiger partial charge in [-0.3, -0.25) is 9.35 Å². The third-order valence-electron chi connectivity index (χ3n) is 1.51. The van der Waals surface area contributed by atoms with Gasteiger partial charge in [-0.05, 0) is 6.07 Å². The summed E-state index contributed by atoms with van der Waals surface area (Å²) in [7, 11) is -4.61. The molecule has 76 valence electrons. The van der Waals surface area contributed by atoms with Gasteiger partial charge in [-0.25, -0.2) is 0 Å². The number of phenolic OH excluding ortho intramolecular Hbond substituents is 2. The van der Waals surface area contributed by atoms with Gasteiger partial charge in [-0.2, -0.15) is 8.42 Å². The van der Waals surface area contributed by atoms with Crippen LogP contribution in [0.5, 0.6) is 11.5 Å². The molecule has 0 atom stereocenters. The van der Waals surface area contributed by atoms with Crippen molar-refractivity contribution in [3.05, 3.63) is 17.7 Å². The number of hydrogen-bond acceptors (Lipinski definition) is 5. The molecule has 1 aromatic carbocycles. The fourth-order valence-electron chi connectivity index (χ4n) is 0.875. The highest BCUT2D eigenvalue weighted by Crippen LogP contribution is 2.29. The van der Waals surface area contributed by atoms with Crippen LogP contribution in [0, 0.1) is 0 Å². The number of hydrogen-bond donors (Lipinski definition) is 3. The fraction of sp³-hybridized carbons (Fsp3) is 0. The Morgan fingerprint density at radius 3 is 2.14 bits per heavy atom. The summed E-state index contributed by atoms with van der Waals surface area (Å²) in [6.45, 7) is 0. The van der Waals surface area contributed by atoms with Crippen LogP contribution in [0.1, 0.15) is 10.4 Å². The van der Waals surface area contributed by atoms with E-state index in [2.05, 4.69) is 0 Å². The number of carbonyl (C=O) groups excluding carboxylic acids is 1. The zero-order valence-electron chi connectivity index (χ0n) is 6.71. The predicted molar refractivity (Wildman–Crippen MR) is 45.0 cm³/mol. The van der Waals surface area contributed by atoms with E-state index in [0.29, 0.717) is 6.07 Å². The number of carbonyl (C=O) groups is 1. The van der Waals surface area contributed by atoms with Crippen LogP contribution in [-0.2, 0) is 10.1 Å². The lowest BCUT2D eigenvalue weighted by atomic mass is 10.2. The maximum atomic E-state index is 10.6. The molecule has 0 aliphatic carbocycles. The Hall–Kier alpha value is -1.60. The molecule has 0 aliphatic rings. The lowest BCUT2D eigenvalue weighted by Gasteiger charge is -2.03. The summed E-state index contributed by atoms with van der Waals surface area (Å²) < 4.78 is 29.8. The van der Waals surface area contributed by atoms with Gasteiger partial charge < -0.3 is 10.2 Å². The normalized spacial score (nSPS) is 11.2. The van der Waals surface area contributed by atoms with E-state index in [9.17, 15) is 13.2 Å². The third-order valence-corrected chi connectivity index (χ3v) is 2.40. The highest BCUT2D eigenvalue weighted by molar-refractivity contribution is 7.86. The summed E-state index contributed by atoms with van der Waals surface area (Å²) >= 11 is 0. The van der Waals surface area contributed by atoms with E-state index in [1.165, 1.54) is 0 Å². The van der Waals surface area contributed by atoms with E-state index >= 15 is 0 Å². The minimum Gasteiger partial charge on any atom is -0.507 e. The molecular formula is C7H6O6S. The van der Waals surface area contributed by atoms with Gasteiger partial charge in [-0.15, -0.1) is 0 Å². The number of aldehydes is 1. The Bertz CT molecular complexity index is 475. The molecule has 0 amide bonds. The lowest BCUT2D eigenvalue weighted by Crippen LogP contribution is -1.99. The van der Waals surface area contributed by atoms with Gasteiger partial charge in [0.1, 0.15) is 16.4 Å². The predicted octanol–water partition coefficient (Wildman–Crippen LogP) is 0.157. The van der Waals surface area contributed by atoms with Gasteiger partial charge in [0.2, 0.25) is 0 Å². The second-order valence-electron chi connectivity index (χ2n) is 2.47. The van der Waals surface area contributed by atoms with Gasteiger partial charge in [0, 0.05) is 6.07 Å². The maximum absolute atomic E-state index is 10.6. The van der Waals surface area contributed by atoms with E-state index < -0.39 is 26.5 Å². The quantitative estimate of drug-likeness (QED) is 0.370. The topological polar surface area (TPSA) is 112 Å². The van der Waals surface area contributed by atoms with Crippen LogP contribution >= 0.6 is 0 Å². The smallest absolute Gasteiger partial charge is 0.298 e. The minimum atomic E-state index is -4.61. The van der Waals surface area contributed by atoms with E-state index in [1.54, 1.807) is 0 Å². The summed E-state index contributed by atoms with van der Waals surface area (Å²) in [4.78, 5) is 9.41. The summed E-state index contributed by atoms with van der Waals surface area (Å²) in [5, 5.41) is 18.1. The van der Waals surface area contributed by atoms with Crippen LogP contribution < -0.4 is 0 Å².